The second kappa shape index (κ2) is 33.9. The molecular formula is C37H66NO8P. The Morgan fingerprint density at radius 2 is 1.17 bits per heavy atom. The number of esters is 2. The van der Waals surface area contributed by atoms with Crippen LogP contribution in [-0.2, 0) is 32.7 Å². The lowest BCUT2D eigenvalue weighted by atomic mass is 10.1. The van der Waals surface area contributed by atoms with Crippen molar-refractivity contribution in [1.82, 2.24) is 0 Å². The lowest BCUT2D eigenvalue weighted by Gasteiger charge is -2.19. The summed E-state index contributed by atoms with van der Waals surface area (Å²) in [6.07, 6.45) is 35.9. The van der Waals surface area contributed by atoms with E-state index in [2.05, 4.69) is 62.5 Å². The fourth-order valence-corrected chi connectivity index (χ4v) is 5.33. The Labute approximate surface area is 286 Å². The third-order valence-corrected chi connectivity index (χ3v) is 8.21. The molecule has 0 aromatic rings. The van der Waals surface area contributed by atoms with Crippen LogP contribution in [-0.4, -0.2) is 49.3 Å². The Hall–Kier alpha value is -2.03. The number of hydrogen-bond acceptors (Lipinski definition) is 8. The molecule has 2 unspecified atom stereocenters. The van der Waals surface area contributed by atoms with Gasteiger partial charge in [0, 0.05) is 19.4 Å². The van der Waals surface area contributed by atoms with Crippen molar-refractivity contribution in [1.29, 1.82) is 0 Å². The van der Waals surface area contributed by atoms with Crippen molar-refractivity contribution in [3.63, 3.8) is 0 Å². The van der Waals surface area contributed by atoms with E-state index in [-0.39, 0.29) is 32.6 Å². The number of phosphoric ester groups is 1. The Bertz CT molecular complexity index is 918. The second-order valence-corrected chi connectivity index (χ2v) is 13.2. The molecule has 47 heavy (non-hydrogen) atoms. The first-order chi connectivity index (χ1) is 22.8. The van der Waals surface area contributed by atoms with E-state index >= 15 is 0 Å². The standard InChI is InChI=1S/C37H66NO8P/c1-3-5-7-9-11-12-13-14-15-16-17-18-19-20-21-22-24-26-28-30-37(40)46-35(34-45-47(41,42)44-32-31-38)33-43-36(39)29-27-25-23-10-8-6-4-2/h5,7,11-12,14-15,17-18,35H,3-4,6,8-10,13,16,19-34,38H2,1-2H3,(H,41,42)/b7-5-,12-11-,15-14-,18-17-. The van der Waals surface area contributed by atoms with Crippen LogP contribution in [0.25, 0.3) is 0 Å². The van der Waals surface area contributed by atoms with Gasteiger partial charge in [-0.2, -0.15) is 0 Å². The molecule has 0 saturated heterocycles. The van der Waals surface area contributed by atoms with Crippen LogP contribution in [0.15, 0.2) is 48.6 Å². The summed E-state index contributed by atoms with van der Waals surface area (Å²) in [5.41, 5.74) is 5.31. The molecule has 0 saturated carbocycles. The van der Waals surface area contributed by atoms with E-state index in [9.17, 15) is 19.0 Å². The first kappa shape index (κ1) is 45.0. The molecule has 10 heteroatoms. The summed E-state index contributed by atoms with van der Waals surface area (Å²) in [6.45, 7) is 3.52. The molecule has 0 radical (unpaired) electrons. The van der Waals surface area contributed by atoms with E-state index < -0.39 is 32.5 Å². The number of allylic oxidation sites excluding steroid dienone is 8. The third kappa shape index (κ3) is 33.7. The largest absolute Gasteiger partial charge is 0.472 e. The van der Waals surface area contributed by atoms with Crippen molar-refractivity contribution >= 4 is 19.8 Å². The van der Waals surface area contributed by atoms with Gasteiger partial charge in [-0.05, 0) is 51.4 Å². The molecule has 3 N–H and O–H groups in total. The van der Waals surface area contributed by atoms with Gasteiger partial charge in [0.2, 0.25) is 0 Å². The fraction of sp³-hybridized carbons (Fsp3) is 0.730. The van der Waals surface area contributed by atoms with Gasteiger partial charge in [0.05, 0.1) is 13.2 Å². The summed E-state index contributed by atoms with van der Waals surface area (Å²) >= 11 is 0. The highest BCUT2D eigenvalue weighted by molar-refractivity contribution is 7.47. The number of unbranched alkanes of at least 4 members (excludes halogenated alkanes) is 12. The van der Waals surface area contributed by atoms with Crippen LogP contribution in [0.1, 0.15) is 142 Å². The summed E-state index contributed by atoms with van der Waals surface area (Å²) in [4.78, 5) is 34.5. The maximum Gasteiger partial charge on any atom is 0.472 e. The zero-order chi connectivity index (χ0) is 34.7. The first-order valence-electron chi connectivity index (χ1n) is 18.1. The molecule has 0 aliphatic heterocycles. The number of phosphoric acid groups is 1. The second-order valence-electron chi connectivity index (χ2n) is 11.7. The van der Waals surface area contributed by atoms with Crippen LogP contribution in [0.2, 0.25) is 0 Å². The van der Waals surface area contributed by atoms with Crippen molar-refractivity contribution in [2.45, 2.75) is 148 Å². The molecule has 0 heterocycles. The molecule has 272 valence electrons. The van der Waals surface area contributed by atoms with Crippen molar-refractivity contribution in [2.24, 2.45) is 5.73 Å². The van der Waals surface area contributed by atoms with Crippen molar-refractivity contribution in [3.05, 3.63) is 48.6 Å². The van der Waals surface area contributed by atoms with E-state index in [0.717, 1.165) is 83.5 Å². The fourth-order valence-electron chi connectivity index (χ4n) is 4.56. The van der Waals surface area contributed by atoms with Gasteiger partial charge in [-0.25, -0.2) is 4.57 Å². The Kier molecular flexibility index (Phi) is 32.4. The molecule has 0 aliphatic carbocycles. The highest BCUT2D eigenvalue weighted by Gasteiger charge is 2.25. The van der Waals surface area contributed by atoms with Gasteiger partial charge in [0.1, 0.15) is 6.61 Å². The average molecular weight is 684 g/mol. The number of nitrogens with two attached hydrogens (primary N) is 1. The molecule has 2 atom stereocenters. The van der Waals surface area contributed by atoms with E-state index in [0.29, 0.717) is 6.42 Å². The normalized spacial score (nSPS) is 14.0. The first-order valence-corrected chi connectivity index (χ1v) is 19.6. The van der Waals surface area contributed by atoms with E-state index in [4.69, 9.17) is 24.3 Å². The van der Waals surface area contributed by atoms with Gasteiger partial charge in [-0.3, -0.25) is 18.6 Å². The summed E-state index contributed by atoms with van der Waals surface area (Å²) in [6, 6.07) is 0. The number of ether oxygens (including phenoxy) is 2. The maximum absolute atomic E-state index is 12.5. The van der Waals surface area contributed by atoms with E-state index in [1.807, 2.05) is 0 Å². The summed E-state index contributed by atoms with van der Waals surface area (Å²) < 4.78 is 32.5. The predicted molar refractivity (Wildman–Crippen MR) is 192 cm³/mol. The van der Waals surface area contributed by atoms with Crippen molar-refractivity contribution in [3.8, 4) is 0 Å². The van der Waals surface area contributed by atoms with Gasteiger partial charge in [-0.1, -0.05) is 127 Å². The number of carbonyl (C=O) groups excluding carboxylic acids is 2. The summed E-state index contributed by atoms with van der Waals surface area (Å²) in [5.74, 6) is -0.857. The van der Waals surface area contributed by atoms with E-state index in [1.165, 1.54) is 25.7 Å². The highest BCUT2D eigenvalue weighted by atomic mass is 31.2. The summed E-state index contributed by atoms with van der Waals surface area (Å²) in [7, 11) is -4.37. The topological polar surface area (TPSA) is 134 Å². The van der Waals surface area contributed by atoms with Crippen molar-refractivity contribution < 1.29 is 37.6 Å². The lowest BCUT2D eigenvalue weighted by molar-refractivity contribution is -0.161. The molecule has 0 aliphatic rings. The number of hydrogen-bond donors (Lipinski definition) is 2. The van der Waals surface area contributed by atoms with Gasteiger partial charge < -0.3 is 20.1 Å². The Morgan fingerprint density at radius 3 is 1.74 bits per heavy atom. The maximum atomic E-state index is 12.5. The minimum absolute atomic E-state index is 0.0494. The van der Waals surface area contributed by atoms with Crippen LogP contribution in [0.5, 0.6) is 0 Å². The van der Waals surface area contributed by atoms with Crippen molar-refractivity contribution in [2.75, 3.05) is 26.4 Å². The molecule has 0 amide bonds. The Morgan fingerprint density at radius 1 is 0.660 bits per heavy atom. The molecule has 0 bridgehead atoms. The third-order valence-electron chi connectivity index (χ3n) is 7.23. The quantitative estimate of drug-likeness (QED) is 0.0300. The summed E-state index contributed by atoms with van der Waals surface area (Å²) in [5, 5.41) is 0. The van der Waals surface area contributed by atoms with Crippen LogP contribution < -0.4 is 5.73 Å². The predicted octanol–water partition coefficient (Wildman–Crippen LogP) is 9.60. The molecule has 0 rings (SSSR count). The average Bonchev–Trinajstić information content (AvgIpc) is 3.05. The van der Waals surface area contributed by atoms with Gasteiger partial charge >= 0.3 is 19.8 Å². The Balaban J connectivity index is 4.20. The minimum atomic E-state index is -4.37. The van der Waals surface area contributed by atoms with Crippen LogP contribution >= 0.6 is 7.82 Å². The lowest BCUT2D eigenvalue weighted by Crippen LogP contribution is -2.29. The highest BCUT2D eigenvalue weighted by Crippen LogP contribution is 2.43. The molecule has 0 spiro atoms. The van der Waals surface area contributed by atoms with Crippen LogP contribution in [0, 0.1) is 0 Å². The van der Waals surface area contributed by atoms with Crippen LogP contribution in [0.4, 0.5) is 0 Å². The molecule has 9 nitrogen and oxygen atoms in total. The zero-order valence-corrected chi connectivity index (χ0v) is 30.4. The molecule has 0 aromatic heterocycles. The SMILES string of the molecule is CC/C=C\C/C=C\C/C=C\C/C=C\CCCCCCCCC(=O)OC(COC(=O)CCCCCCCCC)COP(=O)(O)OCCN. The molecular weight excluding hydrogens is 617 g/mol. The smallest absolute Gasteiger partial charge is 0.462 e. The monoisotopic (exact) mass is 683 g/mol. The number of rotatable bonds is 33. The van der Waals surface area contributed by atoms with E-state index in [1.54, 1.807) is 0 Å². The van der Waals surface area contributed by atoms with Gasteiger partial charge in [0.25, 0.3) is 0 Å². The van der Waals surface area contributed by atoms with Gasteiger partial charge in [0.15, 0.2) is 6.10 Å². The zero-order valence-electron chi connectivity index (χ0n) is 29.5. The molecule has 0 aromatic carbocycles. The minimum Gasteiger partial charge on any atom is -0.462 e. The van der Waals surface area contributed by atoms with Gasteiger partial charge in [-0.15, -0.1) is 0 Å². The molecule has 0 fully saturated rings. The van der Waals surface area contributed by atoms with Crippen LogP contribution in [0.3, 0.4) is 0 Å². The number of carbonyl (C=O) groups is 2.